The zero-order chi connectivity index (χ0) is 26.2. The van der Waals surface area contributed by atoms with E-state index in [1.54, 1.807) is 58.8 Å². The molecule has 0 spiro atoms. The van der Waals surface area contributed by atoms with Crippen molar-refractivity contribution in [3.63, 3.8) is 0 Å². The van der Waals surface area contributed by atoms with Crippen LogP contribution in [0.3, 0.4) is 0 Å². The summed E-state index contributed by atoms with van der Waals surface area (Å²) in [7, 11) is 0. The minimum Gasteiger partial charge on any atom is -0.423 e. The van der Waals surface area contributed by atoms with Crippen molar-refractivity contribution in [3.8, 4) is 5.75 Å². The summed E-state index contributed by atoms with van der Waals surface area (Å²) < 4.78 is 13.5. The van der Waals surface area contributed by atoms with Crippen molar-refractivity contribution < 1.29 is 9.53 Å². The Morgan fingerprint density at radius 3 is 1.95 bits per heavy atom. The van der Waals surface area contributed by atoms with Crippen LogP contribution >= 0.6 is 118 Å². The Balaban J connectivity index is 1.08. The quantitative estimate of drug-likeness (QED) is 0.222. The predicted octanol–water partition coefficient (Wildman–Crippen LogP) is 11.6. The molecule has 2 nitrogen and oxygen atoms in total. The van der Waals surface area contributed by atoms with Gasteiger partial charge in [-0.15, -0.1) is 23.5 Å². The molecule has 0 aromatic heterocycles. The lowest BCUT2D eigenvalue weighted by Crippen LogP contribution is -2.08. The lowest BCUT2D eigenvalue weighted by Gasteiger charge is -2.07. The summed E-state index contributed by atoms with van der Waals surface area (Å²) in [6, 6.07) is 16.5. The fraction of sp³-hybridized carbons (Fsp3) is 0.115. The Morgan fingerprint density at radius 1 is 0.711 bits per heavy atom. The molecular weight excluding hydrogens is 665 g/mol. The van der Waals surface area contributed by atoms with E-state index < -0.39 is 0 Å². The van der Waals surface area contributed by atoms with Crippen LogP contribution < -0.4 is 4.74 Å². The van der Waals surface area contributed by atoms with Crippen LogP contribution in [0.5, 0.6) is 5.75 Å². The molecule has 12 heteroatoms. The van der Waals surface area contributed by atoms with Gasteiger partial charge in [-0.25, -0.2) is 4.79 Å². The average Bonchev–Trinajstić information content (AvgIpc) is 3.73. The van der Waals surface area contributed by atoms with Crippen LogP contribution in [0.15, 0.2) is 99.0 Å². The number of fused-ring (bicyclic) bond motifs is 1. The SMILES string of the molecule is CSC1=C(SC)SC(=C2SC=C(C(=O)Oc3ccc(C4=C(C)SC(=C5Sc6ccccc6S5)S4)cc3)S2)S1. The van der Waals surface area contributed by atoms with E-state index in [2.05, 4.69) is 55.8 Å². The first-order valence-electron chi connectivity index (χ1n) is 11.1. The Morgan fingerprint density at radius 2 is 1.32 bits per heavy atom. The minimum atomic E-state index is -0.301. The van der Waals surface area contributed by atoms with Crippen molar-refractivity contribution in [2.24, 2.45) is 0 Å². The molecule has 38 heavy (non-hydrogen) atoms. The monoisotopic (exact) mass is 682 g/mol. The summed E-state index contributed by atoms with van der Waals surface area (Å²) in [5.74, 6) is 0.266. The average molecular weight is 683 g/mol. The van der Waals surface area contributed by atoms with E-state index in [0.29, 0.717) is 10.7 Å². The molecule has 0 bridgehead atoms. The molecule has 0 saturated heterocycles. The second kappa shape index (κ2) is 12.5. The maximum atomic E-state index is 12.9. The molecule has 0 amide bonds. The molecule has 0 fully saturated rings. The van der Waals surface area contributed by atoms with Gasteiger partial charge in [0.25, 0.3) is 0 Å². The number of rotatable bonds is 5. The van der Waals surface area contributed by atoms with Crippen LogP contribution in [-0.4, -0.2) is 18.5 Å². The second-order valence-electron chi connectivity index (χ2n) is 7.69. The number of ether oxygens (including phenoxy) is 1. The fourth-order valence-electron chi connectivity index (χ4n) is 3.51. The fourth-order valence-corrected chi connectivity index (χ4v) is 16.4. The largest absolute Gasteiger partial charge is 0.423 e. The van der Waals surface area contributed by atoms with Crippen LogP contribution in [0, 0.1) is 0 Å². The highest BCUT2D eigenvalue weighted by Crippen LogP contribution is 2.63. The Labute approximate surface area is 265 Å². The molecule has 0 radical (unpaired) electrons. The number of esters is 1. The molecule has 0 aliphatic carbocycles. The van der Waals surface area contributed by atoms with Gasteiger partial charge in [0.1, 0.15) is 10.7 Å². The third kappa shape index (κ3) is 6.00. The third-order valence-corrected chi connectivity index (χ3v) is 19.1. The van der Waals surface area contributed by atoms with E-state index in [0.717, 1.165) is 9.80 Å². The molecule has 0 N–H and O–H groups in total. The summed E-state index contributed by atoms with van der Waals surface area (Å²) in [6.07, 6.45) is 4.22. The first-order valence-corrected chi connectivity index (χ1v) is 20.1. The van der Waals surface area contributed by atoms with E-state index in [9.17, 15) is 4.79 Å². The van der Waals surface area contributed by atoms with Gasteiger partial charge in [0.2, 0.25) is 0 Å². The summed E-state index contributed by atoms with van der Waals surface area (Å²) in [5, 5.41) is 1.91. The van der Waals surface area contributed by atoms with E-state index in [1.807, 2.05) is 64.6 Å². The van der Waals surface area contributed by atoms with E-state index in [1.165, 1.54) is 52.5 Å². The normalized spacial score (nSPS) is 19.2. The van der Waals surface area contributed by atoms with Crippen LogP contribution in [0.2, 0.25) is 0 Å². The number of benzene rings is 2. The predicted molar refractivity (Wildman–Crippen MR) is 185 cm³/mol. The van der Waals surface area contributed by atoms with Crippen molar-refractivity contribution in [3.05, 3.63) is 94.7 Å². The summed E-state index contributed by atoms with van der Waals surface area (Å²) in [5.41, 5.74) is 1.15. The molecule has 194 valence electrons. The van der Waals surface area contributed by atoms with Gasteiger partial charge in [-0.05, 0) is 54.7 Å². The zero-order valence-corrected chi connectivity index (χ0v) is 28.3. The van der Waals surface area contributed by atoms with Gasteiger partial charge in [0, 0.05) is 19.6 Å². The van der Waals surface area contributed by atoms with Gasteiger partial charge >= 0.3 is 5.97 Å². The van der Waals surface area contributed by atoms with Gasteiger partial charge in [0.05, 0.1) is 25.4 Å². The lowest BCUT2D eigenvalue weighted by atomic mass is 10.2. The highest BCUT2D eigenvalue weighted by Gasteiger charge is 2.30. The summed E-state index contributed by atoms with van der Waals surface area (Å²) >= 11 is 17.7. The number of carbonyl (C=O) groups is 1. The smallest absolute Gasteiger partial charge is 0.350 e. The van der Waals surface area contributed by atoms with Crippen LogP contribution in [0.1, 0.15) is 12.5 Å². The molecule has 2 aromatic rings. The third-order valence-electron chi connectivity index (χ3n) is 5.26. The zero-order valence-electron chi connectivity index (χ0n) is 20.1. The maximum absolute atomic E-state index is 12.9. The van der Waals surface area contributed by atoms with E-state index in [-0.39, 0.29) is 5.97 Å². The number of allylic oxidation sites excluding steroid dienone is 1. The first-order chi connectivity index (χ1) is 18.5. The maximum Gasteiger partial charge on any atom is 0.350 e. The Kier molecular flexibility index (Phi) is 9.32. The first kappa shape index (κ1) is 28.2. The van der Waals surface area contributed by atoms with E-state index in [4.69, 9.17) is 4.74 Å². The summed E-state index contributed by atoms with van der Waals surface area (Å²) in [6.45, 7) is 2.18. The number of hydrogen-bond donors (Lipinski definition) is 0. The number of hydrogen-bond acceptors (Lipinski definition) is 12. The second-order valence-corrected chi connectivity index (χ2v) is 19.2. The van der Waals surface area contributed by atoms with Gasteiger partial charge in [-0.2, -0.15) is 0 Å². The van der Waals surface area contributed by atoms with Gasteiger partial charge in [-0.3, -0.25) is 0 Å². The van der Waals surface area contributed by atoms with Gasteiger partial charge in [-0.1, -0.05) is 118 Å². The van der Waals surface area contributed by atoms with Crippen molar-refractivity contribution in [2.75, 3.05) is 12.5 Å². The van der Waals surface area contributed by atoms with Crippen LogP contribution in [0.4, 0.5) is 0 Å². The Hall–Kier alpha value is 0.110. The molecule has 2 aromatic carbocycles. The molecule has 4 aliphatic heterocycles. The van der Waals surface area contributed by atoms with Crippen molar-refractivity contribution in [1.82, 2.24) is 0 Å². The standard InChI is InChI=1S/C26H18O2S10/c1-13-19(36-25(32-13)26-33-16-6-4-5-7-17(16)34-26)14-8-10-15(11-9-14)28-20(27)18-12-31-23(35-18)24-37-21(29-2)22(30-3)38-24/h4-12H,1-3H3. The van der Waals surface area contributed by atoms with Crippen molar-refractivity contribution in [1.29, 1.82) is 0 Å². The number of carbonyl (C=O) groups excluding carboxylic acids is 1. The lowest BCUT2D eigenvalue weighted by molar-refractivity contribution is -0.129. The topological polar surface area (TPSA) is 26.3 Å². The molecule has 6 rings (SSSR count). The van der Waals surface area contributed by atoms with Crippen molar-refractivity contribution in [2.45, 2.75) is 16.7 Å². The summed E-state index contributed by atoms with van der Waals surface area (Å²) in [4.78, 5) is 18.8. The van der Waals surface area contributed by atoms with Gasteiger partial charge in [0.15, 0.2) is 0 Å². The molecule has 0 saturated carbocycles. The number of thioether (sulfide) groups is 10. The highest BCUT2D eigenvalue weighted by molar-refractivity contribution is 8.42. The van der Waals surface area contributed by atoms with Crippen LogP contribution in [0.25, 0.3) is 4.91 Å². The van der Waals surface area contributed by atoms with E-state index >= 15 is 0 Å². The molecule has 0 atom stereocenters. The molecular formula is C26H18O2S10. The molecule has 4 heterocycles. The molecule has 4 aliphatic rings. The minimum absolute atomic E-state index is 0.301. The van der Waals surface area contributed by atoms with Crippen molar-refractivity contribution >= 4 is 128 Å². The van der Waals surface area contributed by atoms with Crippen LogP contribution in [-0.2, 0) is 4.79 Å². The Bertz CT molecular complexity index is 1440. The molecule has 0 unspecified atom stereocenters. The van der Waals surface area contributed by atoms with Gasteiger partial charge < -0.3 is 4.74 Å². The highest BCUT2D eigenvalue weighted by atomic mass is 32.3.